The fourth-order valence-corrected chi connectivity index (χ4v) is 3.05. The predicted octanol–water partition coefficient (Wildman–Crippen LogP) is 3.11. The molecule has 0 aromatic heterocycles. The van der Waals surface area contributed by atoms with Crippen molar-refractivity contribution in [3.8, 4) is 5.75 Å². The van der Waals surface area contributed by atoms with E-state index in [1.54, 1.807) is 31.2 Å². The summed E-state index contributed by atoms with van der Waals surface area (Å²) < 4.78 is 5.56. The monoisotopic (exact) mass is 339 g/mol. The van der Waals surface area contributed by atoms with Crippen LogP contribution in [0.25, 0.3) is 0 Å². The molecule has 3 atom stereocenters. The van der Waals surface area contributed by atoms with Gasteiger partial charge in [0.15, 0.2) is 6.10 Å². The SMILES string of the molecule is CC(Oc1ccc(Cl)cc1)C(=O)NC[C@@H]1CCCC[C@@H]1C(=O)O. The van der Waals surface area contributed by atoms with Gasteiger partial charge in [0, 0.05) is 11.6 Å². The van der Waals surface area contributed by atoms with Crippen LogP contribution in [-0.4, -0.2) is 29.6 Å². The van der Waals surface area contributed by atoms with Gasteiger partial charge in [-0.15, -0.1) is 0 Å². The molecule has 0 aliphatic heterocycles. The van der Waals surface area contributed by atoms with E-state index in [2.05, 4.69) is 5.32 Å². The predicted molar refractivity (Wildman–Crippen MR) is 87.6 cm³/mol. The lowest BCUT2D eigenvalue weighted by atomic mass is 9.79. The molecule has 23 heavy (non-hydrogen) atoms. The minimum absolute atomic E-state index is 0.00654. The molecule has 0 saturated heterocycles. The lowest BCUT2D eigenvalue weighted by Crippen LogP contribution is -2.42. The molecule has 1 saturated carbocycles. The highest BCUT2D eigenvalue weighted by atomic mass is 35.5. The summed E-state index contributed by atoms with van der Waals surface area (Å²) in [6.45, 7) is 2.05. The third-order valence-corrected chi connectivity index (χ3v) is 4.51. The number of hydrogen-bond acceptors (Lipinski definition) is 3. The molecule has 1 aromatic rings. The van der Waals surface area contributed by atoms with Gasteiger partial charge in [0.1, 0.15) is 5.75 Å². The second-order valence-electron chi connectivity index (χ2n) is 5.95. The maximum atomic E-state index is 12.1. The first-order valence-electron chi connectivity index (χ1n) is 7.90. The highest BCUT2D eigenvalue weighted by molar-refractivity contribution is 6.30. The average Bonchev–Trinajstić information content (AvgIpc) is 2.54. The van der Waals surface area contributed by atoms with Crippen molar-refractivity contribution in [2.75, 3.05) is 6.54 Å². The number of aliphatic carboxylic acids is 1. The van der Waals surface area contributed by atoms with E-state index in [1.807, 2.05) is 0 Å². The van der Waals surface area contributed by atoms with Crippen LogP contribution in [0.15, 0.2) is 24.3 Å². The standard InChI is InChI=1S/C17H22ClNO4/c1-11(23-14-8-6-13(18)7-9-14)16(20)19-10-12-4-2-3-5-15(12)17(21)22/h6-9,11-12,15H,2-5,10H2,1H3,(H,19,20)(H,21,22)/t11?,12-,15-/m0/s1. The molecule has 1 fully saturated rings. The Labute approximate surface area is 141 Å². The minimum atomic E-state index is -0.769. The third-order valence-electron chi connectivity index (χ3n) is 4.26. The smallest absolute Gasteiger partial charge is 0.306 e. The number of carboxylic acid groups (broad SMARTS) is 1. The molecule has 1 unspecified atom stereocenters. The highest BCUT2D eigenvalue weighted by Gasteiger charge is 2.31. The summed E-state index contributed by atoms with van der Waals surface area (Å²) in [5.41, 5.74) is 0. The molecule has 6 heteroatoms. The molecule has 5 nitrogen and oxygen atoms in total. The second kappa shape index (κ2) is 8.20. The first kappa shape index (κ1) is 17.6. The van der Waals surface area contributed by atoms with E-state index >= 15 is 0 Å². The van der Waals surface area contributed by atoms with Crippen LogP contribution >= 0.6 is 11.6 Å². The Balaban J connectivity index is 1.83. The van der Waals surface area contributed by atoms with Crippen LogP contribution in [0, 0.1) is 11.8 Å². The number of hydrogen-bond donors (Lipinski definition) is 2. The maximum Gasteiger partial charge on any atom is 0.306 e. The molecule has 2 rings (SSSR count). The fraction of sp³-hybridized carbons (Fsp3) is 0.529. The van der Waals surface area contributed by atoms with E-state index in [-0.39, 0.29) is 17.7 Å². The largest absolute Gasteiger partial charge is 0.481 e. The van der Waals surface area contributed by atoms with Crippen molar-refractivity contribution >= 4 is 23.5 Å². The lowest BCUT2D eigenvalue weighted by molar-refractivity contribution is -0.145. The van der Waals surface area contributed by atoms with Gasteiger partial charge in [0.05, 0.1) is 5.92 Å². The molecule has 1 aliphatic carbocycles. The van der Waals surface area contributed by atoms with Crippen LogP contribution in [0.3, 0.4) is 0 Å². The van der Waals surface area contributed by atoms with Gasteiger partial charge in [-0.3, -0.25) is 9.59 Å². The molecule has 0 bridgehead atoms. The Morgan fingerprint density at radius 1 is 1.30 bits per heavy atom. The summed E-state index contributed by atoms with van der Waals surface area (Å²) in [5, 5.41) is 12.7. The van der Waals surface area contributed by atoms with Gasteiger partial charge >= 0.3 is 5.97 Å². The Hall–Kier alpha value is -1.75. The zero-order valence-electron chi connectivity index (χ0n) is 13.1. The van der Waals surface area contributed by atoms with Gasteiger partial charge < -0.3 is 15.2 Å². The van der Waals surface area contributed by atoms with Crippen molar-refractivity contribution in [1.82, 2.24) is 5.32 Å². The highest BCUT2D eigenvalue weighted by Crippen LogP contribution is 2.29. The molecular weight excluding hydrogens is 318 g/mol. The topological polar surface area (TPSA) is 75.6 Å². The normalized spacial score (nSPS) is 22.2. The number of carbonyl (C=O) groups excluding carboxylic acids is 1. The van der Waals surface area contributed by atoms with E-state index in [1.165, 1.54) is 0 Å². The Morgan fingerprint density at radius 2 is 1.96 bits per heavy atom. The molecule has 0 spiro atoms. The Kier molecular flexibility index (Phi) is 6.28. The molecule has 1 amide bonds. The van der Waals surface area contributed by atoms with Crippen molar-refractivity contribution in [2.45, 2.75) is 38.7 Å². The number of ether oxygens (including phenoxy) is 1. The third kappa shape index (κ3) is 5.13. The van der Waals surface area contributed by atoms with E-state index in [0.717, 1.165) is 19.3 Å². The van der Waals surface area contributed by atoms with Gasteiger partial charge in [-0.2, -0.15) is 0 Å². The summed E-state index contributed by atoms with van der Waals surface area (Å²) in [6.07, 6.45) is 2.83. The maximum absolute atomic E-state index is 12.1. The molecule has 126 valence electrons. The van der Waals surface area contributed by atoms with E-state index in [9.17, 15) is 14.7 Å². The number of amides is 1. The van der Waals surface area contributed by atoms with E-state index in [0.29, 0.717) is 23.7 Å². The quantitative estimate of drug-likeness (QED) is 0.835. The fourth-order valence-electron chi connectivity index (χ4n) is 2.92. The van der Waals surface area contributed by atoms with Gasteiger partial charge in [-0.1, -0.05) is 24.4 Å². The molecule has 0 heterocycles. The first-order valence-corrected chi connectivity index (χ1v) is 8.28. The Bertz CT molecular complexity index is 546. The van der Waals surface area contributed by atoms with Crippen LogP contribution < -0.4 is 10.1 Å². The minimum Gasteiger partial charge on any atom is -0.481 e. The number of carboxylic acids is 1. The van der Waals surface area contributed by atoms with Gasteiger partial charge in [-0.25, -0.2) is 0 Å². The number of rotatable bonds is 6. The molecule has 0 radical (unpaired) electrons. The summed E-state index contributed by atoms with van der Waals surface area (Å²) >= 11 is 5.80. The van der Waals surface area contributed by atoms with Crippen molar-refractivity contribution in [2.24, 2.45) is 11.8 Å². The van der Waals surface area contributed by atoms with Crippen molar-refractivity contribution < 1.29 is 19.4 Å². The number of carbonyl (C=O) groups is 2. The summed E-state index contributed by atoms with van der Waals surface area (Å²) in [6, 6.07) is 6.80. The van der Waals surface area contributed by atoms with Gasteiger partial charge in [-0.05, 0) is 49.9 Å². The van der Waals surface area contributed by atoms with Crippen LogP contribution in [-0.2, 0) is 9.59 Å². The number of halogens is 1. The van der Waals surface area contributed by atoms with Crippen molar-refractivity contribution in [1.29, 1.82) is 0 Å². The van der Waals surface area contributed by atoms with Gasteiger partial charge in [0.2, 0.25) is 0 Å². The van der Waals surface area contributed by atoms with Gasteiger partial charge in [0.25, 0.3) is 5.91 Å². The van der Waals surface area contributed by atoms with E-state index in [4.69, 9.17) is 16.3 Å². The molecule has 2 N–H and O–H groups in total. The summed E-state index contributed by atoms with van der Waals surface area (Å²) in [5.74, 6) is -0.813. The molecule has 1 aromatic carbocycles. The molecular formula is C17H22ClNO4. The lowest BCUT2D eigenvalue weighted by Gasteiger charge is -2.29. The average molecular weight is 340 g/mol. The first-order chi connectivity index (χ1) is 11.0. The summed E-state index contributed by atoms with van der Waals surface area (Å²) in [4.78, 5) is 23.4. The second-order valence-corrected chi connectivity index (χ2v) is 6.38. The number of benzene rings is 1. The van der Waals surface area contributed by atoms with Crippen molar-refractivity contribution in [3.05, 3.63) is 29.3 Å². The number of nitrogens with one attached hydrogen (secondary N) is 1. The zero-order chi connectivity index (χ0) is 16.8. The molecule has 1 aliphatic rings. The van der Waals surface area contributed by atoms with Crippen LogP contribution in [0.1, 0.15) is 32.6 Å². The zero-order valence-corrected chi connectivity index (χ0v) is 13.9. The van der Waals surface area contributed by atoms with Crippen LogP contribution in [0.5, 0.6) is 5.75 Å². The Morgan fingerprint density at radius 3 is 2.61 bits per heavy atom. The van der Waals surface area contributed by atoms with Crippen LogP contribution in [0.4, 0.5) is 0 Å². The van der Waals surface area contributed by atoms with E-state index < -0.39 is 12.1 Å². The summed E-state index contributed by atoms with van der Waals surface area (Å²) in [7, 11) is 0. The van der Waals surface area contributed by atoms with Crippen LogP contribution in [0.2, 0.25) is 5.02 Å². The van der Waals surface area contributed by atoms with Crippen molar-refractivity contribution in [3.63, 3.8) is 0 Å².